The lowest BCUT2D eigenvalue weighted by molar-refractivity contribution is -0.132. The number of amides is 1. The van der Waals surface area contributed by atoms with Gasteiger partial charge in [-0.3, -0.25) is 4.79 Å². The van der Waals surface area contributed by atoms with Gasteiger partial charge < -0.3 is 19.7 Å². The van der Waals surface area contributed by atoms with Crippen LogP contribution in [0.2, 0.25) is 0 Å². The first-order chi connectivity index (χ1) is 10.6. The second-order valence-corrected chi connectivity index (χ2v) is 5.80. The summed E-state index contributed by atoms with van der Waals surface area (Å²) in [6.45, 7) is 4.22. The van der Waals surface area contributed by atoms with Crippen LogP contribution in [0.15, 0.2) is 24.3 Å². The maximum Gasteiger partial charge on any atom is 0.224 e. The third kappa shape index (κ3) is 5.68. The fraction of sp³-hybridized carbons (Fsp3) is 0.588. The van der Waals surface area contributed by atoms with Crippen molar-refractivity contribution in [3.63, 3.8) is 0 Å². The van der Waals surface area contributed by atoms with Crippen molar-refractivity contribution >= 4 is 18.3 Å². The van der Waals surface area contributed by atoms with Crippen LogP contribution < -0.4 is 10.1 Å². The lowest BCUT2D eigenvalue weighted by atomic mass is 10.0. The molecule has 0 bridgehead atoms. The Bertz CT molecular complexity index is 492. The van der Waals surface area contributed by atoms with Gasteiger partial charge in [0.15, 0.2) is 0 Å². The third-order valence-electron chi connectivity index (χ3n) is 4.18. The normalized spacial score (nSPS) is 18.7. The number of ether oxygens (including phenoxy) is 2. The molecule has 0 spiro atoms. The van der Waals surface area contributed by atoms with E-state index in [9.17, 15) is 4.79 Å². The number of nitrogens with one attached hydrogen (secondary N) is 1. The molecule has 1 fully saturated rings. The van der Waals surface area contributed by atoms with E-state index in [0.29, 0.717) is 13.0 Å². The second kappa shape index (κ2) is 9.75. The van der Waals surface area contributed by atoms with Crippen LogP contribution in [-0.2, 0) is 16.0 Å². The number of likely N-dealkylation sites (N-methyl/N-ethyl adjacent to an activating group) is 1. The van der Waals surface area contributed by atoms with Crippen molar-refractivity contribution in [3.05, 3.63) is 29.8 Å². The van der Waals surface area contributed by atoms with E-state index in [0.717, 1.165) is 30.9 Å². The average molecular weight is 343 g/mol. The van der Waals surface area contributed by atoms with E-state index in [1.165, 1.54) is 0 Å². The van der Waals surface area contributed by atoms with Gasteiger partial charge in [-0.05, 0) is 25.0 Å². The van der Waals surface area contributed by atoms with Gasteiger partial charge in [0.1, 0.15) is 5.75 Å². The van der Waals surface area contributed by atoms with E-state index in [2.05, 4.69) is 12.2 Å². The summed E-state index contributed by atoms with van der Waals surface area (Å²) in [5, 5.41) is 3.32. The summed E-state index contributed by atoms with van der Waals surface area (Å²) >= 11 is 0. The molecular formula is C17H27ClN2O3. The molecule has 0 aromatic heterocycles. The Morgan fingerprint density at radius 3 is 2.87 bits per heavy atom. The molecule has 2 rings (SSSR count). The summed E-state index contributed by atoms with van der Waals surface area (Å²) in [5.74, 6) is 1.02. The van der Waals surface area contributed by atoms with Gasteiger partial charge in [0.2, 0.25) is 5.91 Å². The van der Waals surface area contributed by atoms with Gasteiger partial charge in [0.25, 0.3) is 0 Å². The first-order valence-electron chi connectivity index (χ1n) is 7.80. The lowest BCUT2D eigenvalue weighted by Gasteiger charge is -2.29. The second-order valence-electron chi connectivity index (χ2n) is 5.80. The van der Waals surface area contributed by atoms with Gasteiger partial charge in [-0.2, -0.15) is 0 Å². The molecule has 5 nitrogen and oxygen atoms in total. The molecule has 1 N–H and O–H groups in total. The molecule has 1 amide bonds. The number of morpholine rings is 1. The molecule has 1 aliphatic heterocycles. The van der Waals surface area contributed by atoms with Crippen LogP contribution in [0.5, 0.6) is 5.75 Å². The number of carbonyl (C=O) groups excluding carboxylic acids is 1. The standard InChI is InChI=1S/C17H26N2O3.ClH/c1-13(10-14-6-4-5-7-16(14)21-3)19(2)17(20)11-15-12-22-9-8-18-15;/h4-7,13,15,18H,8-12H2,1-3H3;1H. The van der Waals surface area contributed by atoms with Crippen LogP contribution in [0.25, 0.3) is 0 Å². The van der Waals surface area contributed by atoms with E-state index < -0.39 is 0 Å². The molecule has 2 atom stereocenters. The van der Waals surface area contributed by atoms with Gasteiger partial charge in [-0.25, -0.2) is 0 Å². The maximum absolute atomic E-state index is 12.4. The van der Waals surface area contributed by atoms with Gasteiger partial charge in [0, 0.05) is 32.1 Å². The SMILES string of the molecule is COc1ccccc1CC(C)N(C)C(=O)CC1COCCN1.Cl. The zero-order valence-electron chi connectivity index (χ0n) is 14.1. The quantitative estimate of drug-likeness (QED) is 0.857. The van der Waals surface area contributed by atoms with Crippen LogP contribution in [0.4, 0.5) is 0 Å². The van der Waals surface area contributed by atoms with E-state index >= 15 is 0 Å². The summed E-state index contributed by atoms with van der Waals surface area (Å²) in [6, 6.07) is 8.19. The summed E-state index contributed by atoms with van der Waals surface area (Å²) in [6.07, 6.45) is 1.26. The van der Waals surface area contributed by atoms with Crippen molar-refractivity contribution in [1.82, 2.24) is 10.2 Å². The molecule has 2 unspecified atom stereocenters. The summed E-state index contributed by atoms with van der Waals surface area (Å²) in [7, 11) is 3.54. The number of nitrogens with zero attached hydrogens (tertiary/aromatic N) is 1. The molecule has 0 saturated carbocycles. The minimum atomic E-state index is 0. The average Bonchev–Trinajstić information content (AvgIpc) is 2.55. The third-order valence-corrected chi connectivity index (χ3v) is 4.18. The van der Waals surface area contributed by atoms with Crippen molar-refractivity contribution in [2.24, 2.45) is 0 Å². The Kier molecular flexibility index (Phi) is 8.37. The molecule has 1 aliphatic rings. The van der Waals surface area contributed by atoms with Crippen molar-refractivity contribution in [3.8, 4) is 5.75 Å². The number of halogens is 1. The number of hydrogen-bond donors (Lipinski definition) is 1. The Balaban J connectivity index is 0.00000264. The predicted molar refractivity (Wildman–Crippen MR) is 93.4 cm³/mol. The van der Waals surface area contributed by atoms with Gasteiger partial charge in [-0.15, -0.1) is 12.4 Å². The Morgan fingerprint density at radius 1 is 1.48 bits per heavy atom. The Hall–Kier alpha value is -1.30. The lowest BCUT2D eigenvalue weighted by Crippen LogP contribution is -2.46. The highest BCUT2D eigenvalue weighted by Crippen LogP contribution is 2.20. The predicted octanol–water partition coefficient (Wildman–Crippen LogP) is 1.88. The summed E-state index contributed by atoms with van der Waals surface area (Å²) in [5.41, 5.74) is 1.12. The molecule has 23 heavy (non-hydrogen) atoms. The molecule has 1 aromatic carbocycles. The van der Waals surface area contributed by atoms with Crippen LogP contribution in [-0.4, -0.2) is 56.8 Å². The number of carbonyl (C=O) groups is 1. The molecule has 0 aliphatic carbocycles. The maximum atomic E-state index is 12.4. The Labute approximate surface area is 144 Å². The number of methoxy groups -OCH3 is 1. The molecule has 1 heterocycles. The van der Waals surface area contributed by atoms with Crippen molar-refractivity contribution in [1.29, 1.82) is 0 Å². The van der Waals surface area contributed by atoms with Crippen LogP contribution in [0, 0.1) is 0 Å². The van der Waals surface area contributed by atoms with Crippen molar-refractivity contribution in [2.75, 3.05) is 33.9 Å². The summed E-state index contributed by atoms with van der Waals surface area (Å²) < 4.78 is 10.8. The summed E-state index contributed by atoms with van der Waals surface area (Å²) in [4.78, 5) is 14.2. The van der Waals surface area contributed by atoms with Crippen LogP contribution in [0.1, 0.15) is 18.9 Å². The molecule has 0 radical (unpaired) electrons. The fourth-order valence-electron chi connectivity index (χ4n) is 2.68. The largest absolute Gasteiger partial charge is 0.496 e. The van der Waals surface area contributed by atoms with E-state index in [1.54, 1.807) is 7.11 Å². The molecule has 1 saturated heterocycles. The monoisotopic (exact) mass is 342 g/mol. The van der Waals surface area contributed by atoms with Crippen molar-refractivity contribution in [2.45, 2.75) is 31.8 Å². The Morgan fingerprint density at radius 2 is 2.22 bits per heavy atom. The van der Waals surface area contributed by atoms with E-state index in [-0.39, 0.29) is 30.4 Å². The molecular weight excluding hydrogens is 316 g/mol. The number of rotatable bonds is 6. The highest BCUT2D eigenvalue weighted by molar-refractivity contribution is 5.85. The smallest absolute Gasteiger partial charge is 0.224 e. The van der Waals surface area contributed by atoms with Crippen molar-refractivity contribution < 1.29 is 14.3 Å². The topological polar surface area (TPSA) is 50.8 Å². The number of benzene rings is 1. The highest BCUT2D eigenvalue weighted by atomic mass is 35.5. The zero-order valence-corrected chi connectivity index (χ0v) is 14.9. The van der Waals surface area contributed by atoms with Gasteiger partial charge in [-0.1, -0.05) is 18.2 Å². The van der Waals surface area contributed by atoms with Crippen LogP contribution >= 0.6 is 12.4 Å². The zero-order chi connectivity index (χ0) is 15.9. The van der Waals surface area contributed by atoms with Crippen LogP contribution in [0.3, 0.4) is 0 Å². The number of para-hydroxylation sites is 1. The first-order valence-corrected chi connectivity index (χ1v) is 7.80. The first kappa shape index (κ1) is 19.7. The minimum absolute atomic E-state index is 0. The van der Waals surface area contributed by atoms with E-state index in [4.69, 9.17) is 9.47 Å². The van der Waals surface area contributed by atoms with Gasteiger partial charge in [0.05, 0.1) is 20.3 Å². The molecule has 130 valence electrons. The highest BCUT2D eigenvalue weighted by Gasteiger charge is 2.22. The fourth-order valence-corrected chi connectivity index (χ4v) is 2.68. The molecule has 1 aromatic rings. The molecule has 6 heteroatoms. The number of hydrogen-bond acceptors (Lipinski definition) is 4. The minimum Gasteiger partial charge on any atom is -0.496 e. The van der Waals surface area contributed by atoms with E-state index in [1.807, 2.05) is 36.2 Å². The van der Waals surface area contributed by atoms with Gasteiger partial charge >= 0.3 is 0 Å².